The third-order valence-electron chi connectivity index (χ3n) is 3.54. The van der Waals surface area contributed by atoms with Gasteiger partial charge in [0.05, 0.1) is 12.3 Å². The summed E-state index contributed by atoms with van der Waals surface area (Å²) in [7, 11) is 0. The monoisotopic (exact) mass is 327 g/mol. The number of ether oxygens (including phenoxy) is 1. The Bertz CT molecular complexity index is 692. The minimum absolute atomic E-state index is 0.0907. The molecule has 0 heterocycles. The fourth-order valence-corrected chi connectivity index (χ4v) is 2.02. The Labute approximate surface area is 141 Å². The van der Waals surface area contributed by atoms with E-state index in [0.29, 0.717) is 5.75 Å². The first-order valence-electron chi connectivity index (χ1n) is 7.75. The molecule has 2 aromatic carbocycles. The van der Waals surface area contributed by atoms with Gasteiger partial charge in [0.25, 0.3) is 0 Å². The van der Waals surface area contributed by atoms with Crippen LogP contribution in [0.2, 0.25) is 0 Å². The summed E-state index contributed by atoms with van der Waals surface area (Å²) in [5.41, 5.74) is 2.77. The topological polar surface area (TPSA) is 75.6 Å². The number of carbonyl (C=O) groups excluding carboxylic acids is 1. The van der Waals surface area contributed by atoms with Gasteiger partial charge in [-0.3, -0.25) is 9.59 Å². The lowest BCUT2D eigenvalue weighted by molar-refractivity contribution is -0.142. The molecule has 0 saturated carbocycles. The predicted molar refractivity (Wildman–Crippen MR) is 92.2 cm³/mol. The molecule has 126 valence electrons. The van der Waals surface area contributed by atoms with Crippen LogP contribution in [0.4, 0.5) is 5.69 Å². The average molecular weight is 327 g/mol. The van der Waals surface area contributed by atoms with Crippen molar-refractivity contribution in [3.8, 4) is 5.75 Å². The Hall–Kier alpha value is -2.82. The van der Waals surface area contributed by atoms with Gasteiger partial charge >= 0.3 is 5.97 Å². The van der Waals surface area contributed by atoms with Crippen LogP contribution in [0, 0.1) is 12.8 Å². The van der Waals surface area contributed by atoms with Crippen molar-refractivity contribution in [1.29, 1.82) is 0 Å². The van der Waals surface area contributed by atoms with E-state index in [1.54, 1.807) is 31.2 Å². The van der Waals surface area contributed by atoms with Crippen LogP contribution in [-0.2, 0) is 16.0 Å². The minimum Gasteiger partial charge on any atom is -0.493 e. The summed E-state index contributed by atoms with van der Waals surface area (Å²) in [5.74, 6) is -0.956. The smallest absolute Gasteiger partial charge is 0.309 e. The number of rotatable bonds is 7. The lowest BCUT2D eigenvalue weighted by Crippen LogP contribution is -2.18. The number of hydrogen-bond acceptors (Lipinski definition) is 3. The quantitative estimate of drug-likeness (QED) is 0.818. The maximum absolute atomic E-state index is 12.0. The molecule has 2 rings (SSSR count). The SMILES string of the molecule is Cc1ccc(NC(=O)Cc2ccc(OCC(C)C(=O)O)cc2)cc1. The zero-order chi connectivity index (χ0) is 17.5. The van der Waals surface area contributed by atoms with Gasteiger partial charge < -0.3 is 15.2 Å². The number of carbonyl (C=O) groups is 2. The van der Waals surface area contributed by atoms with E-state index in [0.717, 1.165) is 16.8 Å². The lowest BCUT2D eigenvalue weighted by Gasteiger charge is -2.10. The van der Waals surface area contributed by atoms with Crippen molar-refractivity contribution in [2.24, 2.45) is 5.92 Å². The molecule has 1 unspecified atom stereocenters. The first kappa shape index (κ1) is 17.5. The Kier molecular flexibility index (Phi) is 5.95. The van der Waals surface area contributed by atoms with Crippen LogP contribution in [0.3, 0.4) is 0 Å². The van der Waals surface area contributed by atoms with Crippen molar-refractivity contribution in [1.82, 2.24) is 0 Å². The molecule has 24 heavy (non-hydrogen) atoms. The van der Waals surface area contributed by atoms with Crippen LogP contribution in [0.1, 0.15) is 18.1 Å². The number of aliphatic carboxylic acids is 1. The van der Waals surface area contributed by atoms with Crippen molar-refractivity contribution < 1.29 is 19.4 Å². The Balaban J connectivity index is 1.85. The van der Waals surface area contributed by atoms with Gasteiger partial charge in [-0.05, 0) is 43.7 Å². The van der Waals surface area contributed by atoms with Crippen LogP contribution in [0.15, 0.2) is 48.5 Å². The minimum atomic E-state index is -0.889. The van der Waals surface area contributed by atoms with Gasteiger partial charge in [0.15, 0.2) is 0 Å². The van der Waals surface area contributed by atoms with Crippen molar-refractivity contribution in [3.05, 3.63) is 59.7 Å². The largest absolute Gasteiger partial charge is 0.493 e. The van der Waals surface area contributed by atoms with E-state index in [9.17, 15) is 9.59 Å². The second kappa shape index (κ2) is 8.15. The van der Waals surface area contributed by atoms with Crippen LogP contribution < -0.4 is 10.1 Å². The normalized spacial score (nSPS) is 11.6. The number of anilines is 1. The number of nitrogens with one attached hydrogen (secondary N) is 1. The molecule has 0 spiro atoms. The molecule has 0 radical (unpaired) electrons. The van der Waals surface area contributed by atoms with Crippen molar-refractivity contribution in [2.75, 3.05) is 11.9 Å². The Morgan fingerprint density at radius 1 is 1.08 bits per heavy atom. The first-order chi connectivity index (χ1) is 11.4. The lowest BCUT2D eigenvalue weighted by atomic mass is 10.1. The highest BCUT2D eigenvalue weighted by atomic mass is 16.5. The second-order valence-electron chi connectivity index (χ2n) is 5.79. The predicted octanol–water partition coefficient (Wildman–Crippen LogP) is 3.28. The molecule has 0 aliphatic rings. The molecule has 0 bridgehead atoms. The molecule has 0 aliphatic heterocycles. The maximum Gasteiger partial charge on any atom is 0.309 e. The summed E-state index contributed by atoms with van der Waals surface area (Å²) in [4.78, 5) is 22.8. The highest BCUT2D eigenvalue weighted by Crippen LogP contribution is 2.15. The number of carboxylic acids is 1. The van der Waals surface area contributed by atoms with Crippen LogP contribution >= 0.6 is 0 Å². The number of hydrogen-bond donors (Lipinski definition) is 2. The molecule has 5 nitrogen and oxygen atoms in total. The molecule has 2 aromatic rings. The fraction of sp³-hybridized carbons (Fsp3) is 0.263. The summed E-state index contributed by atoms with van der Waals surface area (Å²) in [6, 6.07) is 14.7. The zero-order valence-corrected chi connectivity index (χ0v) is 13.8. The van der Waals surface area contributed by atoms with Gasteiger partial charge in [-0.2, -0.15) is 0 Å². The summed E-state index contributed by atoms with van der Waals surface area (Å²) in [6.07, 6.45) is 0.264. The number of carboxylic acid groups (broad SMARTS) is 1. The summed E-state index contributed by atoms with van der Waals surface area (Å²) in [6.45, 7) is 3.70. The molecule has 0 aliphatic carbocycles. The second-order valence-corrected chi connectivity index (χ2v) is 5.79. The highest BCUT2D eigenvalue weighted by Gasteiger charge is 2.11. The number of aryl methyl sites for hydroxylation is 1. The highest BCUT2D eigenvalue weighted by molar-refractivity contribution is 5.92. The number of amides is 1. The van der Waals surface area contributed by atoms with Crippen molar-refractivity contribution in [3.63, 3.8) is 0 Å². The first-order valence-corrected chi connectivity index (χ1v) is 7.75. The summed E-state index contributed by atoms with van der Waals surface area (Å²) >= 11 is 0. The van der Waals surface area contributed by atoms with Crippen molar-refractivity contribution in [2.45, 2.75) is 20.3 Å². The fourth-order valence-electron chi connectivity index (χ4n) is 2.02. The molecular weight excluding hydrogens is 306 g/mol. The summed E-state index contributed by atoms with van der Waals surface area (Å²) in [5, 5.41) is 11.7. The van der Waals surface area contributed by atoms with E-state index in [1.165, 1.54) is 0 Å². The average Bonchev–Trinajstić information content (AvgIpc) is 2.56. The van der Waals surface area contributed by atoms with Gasteiger partial charge in [0.2, 0.25) is 5.91 Å². The van der Waals surface area contributed by atoms with E-state index in [4.69, 9.17) is 9.84 Å². The van der Waals surface area contributed by atoms with Crippen LogP contribution in [0.5, 0.6) is 5.75 Å². The molecule has 0 aromatic heterocycles. The van der Waals surface area contributed by atoms with Crippen LogP contribution in [0.25, 0.3) is 0 Å². The van der Waals surface area contributed by atoms with Gasteiger partial charge in [0, 0.05) is 5.69 Å². The zero-order valence-electron chi connectivity index (χ0n) is 13.8. The molecule has 2 N–H and O–H groups in total. The van der Waals surface area contributed by atoms with E-state index >= 15 is 0 Å². The van der Waals surface area contributed by atoms with E-state index in [-0.39, 0.29) is 18.9 Å². The summed E-state index contributed by atoms with van der Waals surface area (Å²) < 4.78 is 5.41. The molecule has 0 saturated heterocycles. The van der Waals surface area contributed by atoms with Gasteiger partial charge in [0.1, 0.15) is 12.4 Å². The Morgan fingerprint density at radius 2 is 1.71 bits per heavy atom. The molecule has 1 atom stereocenters. The van der Waals surface area contributed by atoms with Crippen molar-refractivity contribution >= 4 is 17.6 Å². The van der Waals surface area contributed by atoms with E-state index in [1.807, 2.05) is 31.2 Å². The van der Waals surface area contributed by atoms with Gasteiger partial charge in [-0.15, -0.1) is 0 Å². The number of benzene rings is 2. The standard InChI is InChI=1S/C19H21NO4/c1-13-3-7-16(8-4-13)20-18(21)11-15-5-9-17(10-6-15)24-12-14(2)19(22)23/h3-10,14H,11-12H2,1-2H3,(H,20,21)(H,22,23). The molecule has 0 fully saturated rings. The molecular formula is C19H21NO4. The van der Waals surface area contributed by atoms with Gasteiger partial charge in [-0.25, -0.2) is 0 Å². The Morgan fingerprint density at radius 3 is 2.29 bits per heavy atom. The molecule has 5 heteroatoms. The molecule has 1 amide bonds. The van der Waals surface area contributed by atoms with E-state index in [2.05, 4.69) is 5.32 Å². The van der Waals surface area contributed by atoms with Crippen LogP contribution in [-0.4, -0.2) is 23.6 Å². The maximum atomic E-state index is 12.0. The third kappa shape index (κ3) is 5.43. The van der Waals surface area contributed by atoms with Gasteiger partial charge in [-0.1, -0.05) is 29.8 Å². The van der Waals surface area contributed by atoms with E-state index < -0.39 is 11.9 Å². The third-order valence-corrected chi connectivity index (χ3v) is 3.54.